The minimum atomic E-state index is -0.852. The van der Waals surface area contributed by atoms with Crippen LogP contribution in [0.4, 0.5) is 0 Å². The van der Waals surface area contributed by atoms with Crippen molar-refractivity contribution in [3.05, 3.63) is 65.4 Å². The molecule has 5 heteroatoms. The number of nitrogens with one attached hydrogen (secondary N) is 1. The zero-order valence-electron chi connectivity index (χ0n) is 15.7. The van der Waals surface area contributed by atoms with Gasteiger partial charge in [-0.05, 0) is 39.0 Å². The summed E-state index contributed by atoms with van der Waals surface area (Å²) < 4.78 is 10.8. The number of benzene rings is 2. The van der Waals surface area contributed by atoms with E-state index in [1.54, 1.807) is 6.92 Å². The lowest BCUT2D eigenvalue weighted by Crippen LogP contribution is -2.25. The number of carbonyl (C=O) groups excluding carboxylic acids is 2. The highest BCUT2D eigenvalue weighted by Gasteiger charge is 2.24. The van der Waals surface area contributed by atoms with Gasteiger partial charge >= 0.3 is 5.97 Å². The van der Waals surface area contributed by atoms with Gasteiger partial charge in [-0.3, -0.25) is 9.59 Å². The highest BCUT2D eigenvalue weighted by Crippen LogP contribution is 2.24. The molecule has 1 heterocycles. The number of ketones is 1. The van der Waals surface area contributed by atoms with Crippen molar-refractivity contribution in [2.45, 2.75) is 33.3 Å². The molecule has 5 nitrogen and oxygen atoms in total. The molecule has 1 N–H and O–H groups in total. The quantitative estimate of drug-likeness (QED) is 0.499. The lowest BCUT2D eigenvalue weighted by Gasteiger charge is -2.13. The van der Waals surface area contributed by atoms with Crippen LogP contribution in [0.15, 0.2) is 48.5 Å². The number of hydrogen-bond donors (Lipinski definition) is 1. The summed E-state index contributed by atoms with van der Waals surface area (Å²) >= 11 is 0. The maximum absolute atomic E-state index is 12.8. The second-order valence-corrected chi connectivity index (χ2v) is 6.58. The fourth-order valence-corrected chi connectivity index (χ4v) is 2.99. The van der Waals surface area contributed by atoms with Crippen molar-refractivity contribution in [3.8, 4) is 5.75 Å². The van der Waals surface area contributed by atoms with Gasteiger partial charge in [-0.1, -0.05) is 35.9 Å². The van der Waals surface area contributed by atoms with Gasteiger partial charge in [0.25, 0.3) is 0 Å². The molecule has 0 aliphatic rings. The molecule has 3 aromatic rings. The highest BCUT2D eigenvalue weighted by atomic mass is 16.5. The van der Waals surface area contributed by atoms with E-state index in [-0.39, 0.29) is 18.8 Å². The lowest BCUT2D eigenvalue weighted by atomic mass is 10.0. The summed E-state index contributed by atoms with van der Waals surface area (Å²) in [5.41, 5.74) is 3.37. The smallest absolute Gasteiger partial charge is 0.309 e. The monoisotopic (exact) mass is 365 g/mol. The van der Waals surface area contributed by atoms with Gasteiger partial charge in [-0.25, -0.2) is 0 Å². The largest absolute Gasteiger partial charge is 0.493 e. The molecule has 1 atom stereocenters. The number of fused-ring (bicyclic) bond motifs is 1. The third-order valence-electron chi connectivity index (χ3n) is 4.41. The van der Waals surface area contributed by atoms with Gasteiger partial charge in [0.2, 0.25) is 5.78 Å². The molecule has 1 aromatic heterocycles. The average Bonchev–Trinajstić information content (AvgIpc) is 2.98. The van der Waals surface area contributed by atoms with E-state index < -0.39 is 12.1 Å². The Morgan fingerprint density at radius 1 is 1.04 bits per heavy atom. The van der Waals surface area contributed by atoms with Crippen molar-refractivity contribution in [1.29, 1.82) is 0 Å². The van der Waals surface area contributed by atoms with E-state index in [4.69, 9.17) is 9.47 Å². The summed E-state index contributed by atoms with van der Waals surface area (Å²) in [4.78, 5) is 28.0. The number of rotatable bonds is 7. The van der Waals surface area contributed by atoms with E-state index in [0.29, 0.717) is 11.3 Å². The summed E-state index contributed by atoms with van der Waals surface area (Å²) in [5, 5.41) is 0.839. The van der Waals surface area contributed by atoms with E-state index in [1.165, 1.54) is 0 Å². The SMILES string of the molecule is Cc1ccc(OCCC(=O)O[C@@H](C)C(=O)c2c(C)[nH]c3ccccc23)cc1. The Labute approximate surface area is 158 Å². The van der Waals surface area contributed by atoms with Gasteiger partial charge in [-0.15, -0.1) is 0 Å². The Balaban J connectivity index is 1.56. The second kappa shape index (κ2) is 8.08. The fraction of sp³-hybridized carbons (Fsp3) is 0.273. The maximum Gasteiger partial charge on any atom is 0.309 e. The first-order chi connectivity index (χ1) is 13.0. The number of H-pyrrole nitrogens is 1. The second-order valence-electron chi connectivity index (χ2n) is 6.58. The molecule has 27 heavy (non-hydrogen) atoms. The number of carbonyl (C=O) groups is 2. The Hall–Kier alpha value is -3.08. The first-order valence-corrected chi connectivity index (χ1v) is 8.96. The van der Waals surface area contributed by atoms with Crippen LogP contribution in [0, 0.1) is 13.8 Å². The molecule has 0 saturated heterocycles. The van der Waals surface area contributed by atoms with Crippen LogP contribution in [0.25, 0.3) is 10.9 Å². The van der Waals surface area contributed by atoms with Gasteiger partial charge < -0.3 is 14.5 Å². The summed E-state index contributed by atoms with van der Waals surface area (Å²) in [7, 11) is 0. The van der Waals surface area contributed by atoms with Crippen LogP contribution in [0.1, 0.15) is 35.0 Å². The lowest BCUT2D eigenvalue weighted by molar-refractivity contribution is -0.146. The van der Waals surface area contributed by atoms with Crippen LogP contribution >= 0.6 is 0 Å². The van der Waals surface area contributed by atoms with Crippen LogP contribution < -0.4 is 4.74 Å². The molecule has 0 unspecified atom stereocenters. The summed E-state index contributed by atoms with van der Waals surface area (Å²) in [6.07, 6.45) is -0.770. The number of ether oxygens (including phenoxy) is 2. The minimum Gasteiger partial charge on any atom is -0.493 e. The molecule has 0 saturated carbocycles. The van der Waals surface area contributed by atoms with Crippen molar-refractivity contribution in [3.63, 3.8) is 0 Å². The molecule has 0 radical (unpaired) electrons. The zero-order valence-corrected chi connectivity index (χ0v) is 15.7. The Bertz CT molecular complexity index is 956. The molecule has 0 aliphatic heterocycles. The molecule has 0 amide bonds. The van der Waals surface area contributed by atoms with E-state index in [2.05, 4.69) is 4.98 Å². The number of hydrogen-bond acceptors (Lipinski definition) is 4. The topological polar surface area (TPSA) is 68.4 Å². The third-order valence-corrected chi connectivity index (χ3v) is 4.41. The van der Waals surface area contributed by atoms with Gasteiger partial charge in [-0.2, -0.15) is 0 Å². The van der Waals surface area contributed by atoms with Crippen LogP contribution in [0.2, 0.25) is 0 Å². The van der Waals surface area contributed by atoms with E-state index >= 15 is 0 Å². The number of aryl methyl sites for hydroxylation is 2. The summed E-state index contributed by atoms with van der Waals surface area (Å²) in [6.45, 7) is 5.64. The number of para-hydroxylation sites is 1. The summed E-state index contributed by atoms with van der Waals surface area (Å²) in [6, 6.07) is 15.2. The van der Waals surface area contributed by atoms with Crippen molar-refractivity contribution in [2.75, 3.05) is 6.61 Å². The molecular formula is C22H23NO4. The number of aromatic amines is 1. The van der Waals surface area contributed by atoms with Gasteiger partial charge in [0.15, 0.2) is 6.10 Å². The van der Waals surface area contributed by atoms with Crippen molar-refractivity contribution >= 4 is 22.7 Å². The van der Waals surface area contributed by atoms with Crippen LogP contribution in [-0.2, 0) is 9.53 Å². The van der Waals surface area contributed by atoms with Crippen LogP contribution in [0.3, 0.4) is 0 Å². The van der Waals surface area contributed by atoms with E-state index in [9.17, 15) is 9.59 Å². The molecular weight excluding hydrogens is 342 g/mol. The first-order valence-electron chi connectivity index (χ1n) is 8.96. The van der Waals surface area contributed by atoms with Crippen LogP contribution in [0.5, 0.6) is 5.75 Å². The Morgan fingerprint density at radius 2 is 1.74 bits per heavy atom. The average molecular weight is 365 g/mol. The summed E-state index contributed by atoms with van der Waals surface area (Å²) in [5.74, 6) is 0.0325. The number of Topliss-reactive ketones (excluding diaryl/α,β-unsaturated/α-hetero) is 1. The molecule has 0 spiro atoms. The minimum absolute atomic E-state index is 0.0817. The molecule has 2 aromatic carbocycles. The molecule has 0 fully saturated rings. The Kier molecular flexibility index (Phi) is 5.60. The number of aromatic nitrogens is 1. The van der Waals surface area contributed by atoms with Gasteiger partial charge in [0.05, 0.1) is 13.0 Å². The predicted molar refractivity (Wildman–Crippen MR) is 104 cm³/mol. The highest BCUT2D eigenvalue weighted by molar-refractivity contribution is 6.11. The van der Waals surface area contributed by atoms with E-state index in [0.717, 1.165) is 22.2 Å². The zero-order chi connectivity index (χ0) is 19.4. The van der Waals surface area contributed by atoms with Crippen molar-refractivity contribution < 1.29 is 19.1 Å². The van der Waals surface area contributed by atoms with Crippen molar-refractivity contribution in [2.24, 2.45) is 0 Å². The van der Waals surface area contributed by atoms with Crippen LogP contribution in [-0.4, -0.2) is 29.4 Å². The number of esters is 1. The van der Waals surface area contributed by atoms with Gasteiger partial charge in [0.1, 0.15) is 5.75 Å². The van der Waals surface area contributed by atoms with Crippen molar-refractivity contribution in [1.82, 2.24) is 4.98 Å². The standard InChI is InChI=1S/C22H23NO4/c1-14-8-10-17(11-9-14)26-13-12-20(24)27-16(3)22(25)21-15(2)23-19-7-5-4-6-18(19)21/h4-11,16,23H,12-13H2,1-3H3/t16-/m0/s1. The fourth-order valence-electron chi connectivity index (χ4n) is 2.99. The molecule has 140 valence electrons. The molecule has 0 bridgehead atoms. The predicted octanol–water partition coefficient (Wildman–Crippen LogP) is 4.37. The van der Waals surface area contributed by atoms with E-state index in [1.807, 2.05) is 62.4 Å². The molecule has 3 rings (SSSR count). The first kappa shape index (κ1) is 18.7. The molecule has 0 aliphatic carbocycles. The maximum atomic E-state index is 12.8. The normalized spacial score (nSPS) is 12.0. The third kappa shape index (κ3) is 4.37. The van der Waals surface area contributed by atoms with Gasteiger partial charge in [0, 0.05) is 22.2 Å². The Morgan fingerprint density at radius 3 is 2.48 bits per heavy atom.